The molecule has 14 heavy (non-hydrogen) atoms. The average molecular weight is 265 g/mol. The summed E-state index contributed by atoms with van der Waals surface area (Å²) in [6.45, 7) is 0. The molecule has 0 radical (unpaired) electrons. The summed E-state index contributed by atoms with van der Waals surface area (Å²) in [6, 6.07) is 4.02. The molecular formula is C9H7BrF2O2. The van der Waals surface area contributed by atoms with Crippen LogP contribution in [0.25, 0.3) is 0 Å². The first kappa shape index (κ1) is 11.1. The second-order valence-electron chi connectivity index (χ2n) is 2.73. The largest absolute Gasteiger partial charge is 0.481 e. The Morgan fingerprint density at radius 1 is 1.50 bits per heavy atom. The second-order valence-corrected chi connectivity index (χ2v) is 3.58. The van der Waals surface area contributed by atoms with Gasteiger partial charge >= 0.3 is 5.97 Å². The van der Waals surface area contributed by atoms with Crippen LogP contribution in [0.15, 0.2) is 22.7 Å². The summed E-state index contributed by atoms with van der Waals surface area (Å²) in [6.07, 6.45) is -2.72. The molecule has 0 aromatic heterocycles. The fourth-order valence-corrected chi connectivity index (χ4v) is 1.63. The Hall–Kier alpha value is -0.970. The smallest absolute Gasteiger partial charge is 0.307 e. The van der Waals surface area contributed by atoms with Crippen LogP contribution in [-0.2, 0) is 11.2 Å². The van der Waals surface area contributed by atoms with Gasteiger partial charge in [-0.25, -0.2) is 8.78 Å². The zero-order valence-electron chi connectivity index (χ0n) is 7.01. The molecule has 5 heteroatoms. The van der Waals surface area contributed by atoms with Gasteiger partial charge in [-0.3, -0.25) is 4.79 Å². The number of alkyl halides is 2. The summed E-state index contributed by atoms with van der Waals surface area (Å²) in [4.78, 5) is 10.3. The van der Waals surface area contributed by atoms with E-state index in [0.29, 0.717) is 5.56 Å². The molecule has 0 fully saturated rings. The predicted octanol–water partition coefficient (Wildman–Crippen LogP) is 3.01. The van der Waals surface area contributed by atoms with E-state index in [1.165, 1.54) is 18.2 Å². The molecular weight excluding hydrogens is 258 g/mol. The molecule has 0 saturated carbocycles. The summed E-state index contributed by atoms with van der Waals surface area (Å²) < 4.78 is 24.8. The van der Waals surface area contributed by atoms with Gasteiger partial charge in [0.2, 0.25) is 0 Å². The Morgan fingerprint density at radius 3 is 2.57 bits per heavy atom. The molecule has 0 aliphatic heterocycles. The molecule has 0 bridgehead atoms. The Morgan fingerprint density at radius 2 is 2.14 bits per heavy atom. The summed E-state index contributed by atoms with van der Waals surface area (Å²) in [5.74, 6) is -0.985. The van der Waals surface area contributed by atoms with Crippen LogP contribution in [0.1, 0.15) is 17.6 Å². The third kappa shape index (κ3) is 2.77. The van der Waals surface area contributed by atoms with Crippen molar-refractivity contribution in [1.82, 2.24) is 0 Å². The van der Waals surface area contributed by atoms with E-state index in [2.05, 4.69) is 15.9 Å². The van der Waals surface area contributed by atoms with Crippen LogP contribution in [0.2, 0.25) is 0 Å². The molecule has 0 saturated heterocycles. The number of hydrogen-bond donors (Lipinski definition) is 1. The van der Waals surface area contributed by atoms with E-state index < -0.39 is 12.4 Å². The topological polar surface area (TPSA) is 37.3 Å². The van der Waals surface area contributed by atoms with Gasteiger partial charge in [0.05, 0.1) is 6.42 Å². The van der Waals surface area contributed by atoms with E-state index in [1.807, 2.05) is 0 Å². The van der Waals surface area contributed by atoms with Crippen molar-refractivity contribution in [3.63, 3.8) is 0 Å². The maximum atomic E-state index is 12.3. The van der Waals surface area contributed by atoms with Gasteiger partial charge in [-0.1, -0.05) is 28.1 Å². The first-order valence-electron chi connectivity index (χ1n) is 3.79. The molecule has 1 aromatic carbocycles. The third-order valence-electron chi connectivity index (χ3n) is 1.66. The number of halogens is 3. The Kier molecular flexibility index (Phi) is 3.57. The molecule has 2 nitrogen and oxygen atoms in total. The first-order chi connectivity index (χ1) is 6.50. The van der Waals surface area contributed by atoms with Gasteiger partial charge in [-0.2, -0.15) is 0 Å². The van der Waals surface area contributed by atoms with E-state index in [4.69, 9.17) is 5.11 Å². The van der Waals surface area contributed by atoms with E-state index in [0.717, 1.165) is 0 Å². The van der Waals surface area contributed by atoms with Gasteiger partial charge in [0.25, 0.3) is 6.43 Å². The summed E-state index contributed by atoms with van der Waals surface area (Å²) in [7, 11) is 0. The number of hydrogen-bond acceptors (Lipinski definition) is 1. The normalized spacial score (nSPS) is 10.6. The van der Waals surface area contributed by atoms with E-state index in [1.54, 1.807) is 0 Å². The third-order valence-corrected chi connectivity index (χ3v) is 2.34. The minimum atomic E-state index is -2.55. The van der Waals surface area contributed by atoms with E-state index in [9.17, 15) is 13.6 Å². The van der Waals surface area contributed by atoms with Crippen LogP contribution >= 0.6 is 15.9 Å². The highest BCUT2D eigenvalue weighted by Gasteiger charge is 2.12. The molecule has 0 heterocycles. The molecule has 0 aliphatic carbocycles. The van der Waals surface area contributed by atoms with Crippen LogP contribution in [0.3, 0.4) is 0 Å². The van der Waals surface area contributed by atoms with Crippen LogP contribution in [0.5, 0.6) is 0 Å². The van der Waals surface area contributed by atoms with Crippen LogP contribution in [0, 0.1) is 0 Å². The number of carbonyl (C=O) groups is 1. The lowest BCUT2D eigenvalue weighted by molar-refractivity contribution is -0.136. The van der Waals surface area contributed by atoms with Crippen molar-refractivity contribution in [3.05, 3.63) is 33.8 Å². The first-order valence-corrected chi connectivity index (χ1v) is 4.58. The second kappa shape index (κ2) is 4.50. The standard InChI is InChI=1S/C9H7BrF2O2/c10-7-3-5(4-8(13)14)1-2-6(7)9(11)12/h1-3,9H,4H2,(H,13,14). The van der Waals surface area contributed by atoms with Crippen molar-refractivity contribution in [2.24, 2.45) is 0 Å². The monoisotopic (exact) mass is 264 g/mol. The summed E-state index contributed by atoms with van der Waals surface area (Å²) in [5, 5.41) is 8.47. The molecule has 0 unspecified atom stereocenters. The van der Waals surface area contributed by atoms with Crippen molar-refractivity contribution in [3.8, 4) is 0 Å². The lowest BCUT2D eigenvalue weighted by Crippen LogP contribution is -2.00. The molecule has 0 aliphatic rings. The number of benzene rings is 1. The zero-order chi connectivity index (χ0) is 10.7. The number of rotatable bonds is 3. The molecule has 0 atom stereocenters. The Balaban J connectivity index is 2.94. The van der Waals surface area contributed by atoms with Crippen LogP contribution in [-0.4, -0.2) is 11.1 Å². The maximum absolute atomic E-state index is 12.3. The highest BCUT2D eigenvalue weighted by molar-refractivity contribution is 9.10. The minimum Gasteiger partial charge on any atom is -0.481 e. The molecule has 0 spiro atoms. The lowest BCUT2D eigenvalue weighted by atomic mass is 10.1. The summed E-state index contributed by atoms with van der Waals surface area (Å²) >= 11 is 2.96. The van der Waals surface area contributed by atoms with Gasteiger partial charge < -0.3 is 5.11 Å². The highest BCUT2D eigenvalue weighted by Crippen LogP contribution is 2.28. The fourth-order valence-electron chi connectivity index (χ4n) is 1.03. The predicted molar refractivity (Wildman–Crippen MR) is 50.4 cm³/mol. The lowest BCUT2D eigenvalue weighted by Gasteiger charge is -2.04. The van der Waals surface area contributed by atoms with E-state index >= 15 is 0 Å². The van der Waals surface area contributed by atoms with Crippen LogP contribution in [0.4, 0.5) is 8.78 Å². The van der Waals surface area contributed by atoms with Gasteiger partial charge in [0.15, 0.2) is 0 Å². The highest BCUT2D eigenvalue weighted by atomic mass is 79.9. The van der Waals surface area contributed by atoms with E-state index in [-0.39, 0.29) is 16.5 Å². The zero-order valence-corrected chi connectivity index (χ0v) is 8.59. The number of carboxylic acid groups (broad SMARTS) is 1. The van der Waals surface area contributed by atoms with Crippen molar-refractivity contribution >= 4 is 21.9 Å². The van der Waals surface area contributed by atoms with Crippen molar-refractivity contribution in [1.29, 1.82) is 0 Å². The van der Waals surface area contributed by atoms with Gasteiger partial charge in [0.1, 0.15) is 0 Å². The Labute approximate surface area is 87.7 Å². The molecule has 76 valence electrons. The molecule has 1 rings (SSSR count). The molecule has 1 N–H and O–H groups in total. The fraction of sp³-hybridized carbons (Fsp3) is 0.222. The SMILES string of the molecule is O=C(O)Cc1ccc(C(F)F)c(Br)c1. The molecule has 1 aromatic rings. The maximum Gasteiger partial charge on any atom is 0.307 e. The number of aliphatic carboxylic acids is 1. The van der Waals surface area contributed by atoms with Crippen molar-refractivity contribution in [2.75, 3.05) is 0 Å². The number of carboxylic acids is 1. The minimum absolute atomic E-state index is 0.126. The van der Waals surface area contributed by atoms with Crippen molar-refractivity contribution < 1.29 is 18.7 Å². The van der Waals surface area contributed by atoms with Crippen molar-refractivity contribution in [2.45, 2.75) is 12.8 Å². The van der Waals surface area contributed by atoms with Gasteiger partial charge in [-0.15, -0.1) is 0 Å². The molecule has 0 amide bonds. The quantitative estimate of drug-likeness (QED) is 0.912. The van der Waals surface area contributed by atoms with Crippen LogP contribution < -0.4 is 0 Å². The van der Waals surface area contributed by atoms with Gasteiger partial charge in [-0.05, 0) is 11.6 Å². The summed E-state index contributed by atoms with van der Waals surface area (Å²) in [5.41, 5.74) is 0.368. The van der Waals surface area contributed by atoms with Gasteiger partial charge in [0, 0.05) is 10.0 Å². The average Bonchev–Trinajstić information content (AvgIpc) is 2.01. The Bertz CT molecular complexity index is 353.